The molecule has 0 saturated heterocycles. The number of fused-ring (bicyclic) bond motifs is 4. The molecule has 5 nitrogen and oxygen atoms in total. The second kappa shape index (κ2) is 5.37. The number of thiophene rings is 1. The SMILES string of the molecule is COc1ccnc2sc3c(=O)n(-c4ccc5scnc5c4)ccc3c12. The van der Waals surface area contributed by atoms with E-state index in [1.54, 1.807) is 35.4 Å². The first-order valence-corrected chi connectivity index (χ1v) is 9.26. The highest BCUT2D eigenvalue weighted by Crippen LogP contribution is 2.36. The van der Waals surface area contributed by atoms with Crippen LogP contribution in [0.2, 0.25) is 0 Å². The number of aromatic nitrogens is 3. The number of pyridine rings is 2. The van der Waals surface area contributed by atoms with Crippen LogP contribution in [0, 0.1) is 0 Å². The highest BCUT2D eigenvalue weighted by Gasteiger charge is 2.15. The van der Waals surface area contributed by atoms with E-state index in [-0.39, 0.29) is 5.56 Å². The van der Waals surface area contributed by atoms with Crippen LogP contribution in [0.5, 0.6) is 5.75 Å². The van der Waals surface area contributed by atoms with Gasteiger partial charge in [0.15, 0.2) is 0 Å². The van der Waals surface area contributed by atoms with Crippen molar-refractivity contribution in [2.45, 2.75) is 0 Å². The van der Waals surface area contributed by atoms with Crippen LogP contribution in [-0.2, 0) is 0 Å². The summed E-state index contributed by atoms with van der Waals surface area (Å²) in [5.74, 6) is 0.734. The number of hydrogen-bond acceptors (Lipinski definition) is 6. The Labute approximate surface area is 149 Å². The summed E-state index contributed by atoms with van der Waals surface area (Å²) in [6, 6.07) is 9.64. The number of ether oxygens (including phenoxy) is 1. The number of benzene rings is 1. The molecule has 4 heterocycles. The fourth-order valence-electron chi connectivity index (χ4n) is 3.03. The summed E-state index contributed by atoms with van der Waals surface area (Å²) in [7, 11) is 1.63. The summed E-state index contributed by atoms with van der Waals surface area (Å²) in [4.78, 5) is 22.6. The van der Waals surface area contributed by atoms with E-state index in [1.165, 1.54) is 11.3 Å². The van der Waals surface area contributed by atoms with Crippen molar-refractivity contribution in [3.8, 4) is 11.4 Å². The van der Waals surface area contributed by atoms with Gasteiger partial charge in [-0.2, -0.15) is 0 Å². The average molecular weight is 365 g/mol. The standard InChI is InChI=1S/C18H11N3O2S2/c1-23-13-4-6-19-17-15(13)11-5-7-21(18(22)16(11)25-17)10-2-3-14-12(8-10)20-9-24-14/h2-9H,1H3. The zero-order valence-corrected chi connectivity index (χ0v) is 14.7. The summed E-state index contributed by atoms with van der Waals surface area (Å²) < 4.78 is 8.87. The van der Waals surface area contributed by atoms with E-state index in [1.807, 2.05) is 35.8 Å². The first-order valence-electron chi connectivity index (χ1n) is 7.57. The number of thiazole rings is 1. The molecule has 0 fully saturated rings. The minimum absolute atomic E-state index is 0.0582. The van der Waals surface area contributed by atoms with E-state index in [2.05, 4.69) is 9.97 Å². The van der Waals surface area contributed by atoms with Crippen molar-refractivity contribution < 1.29 is 4.74 Å². The smallest absolute Gasteiger partial charge is 0.273 e. The predicted molar refractivity (Wildman–Crippen MR) is 102 cm³/mol. The van der Waals surface area contributed by atoms with Crippen molar-refractivity contribution >= 4 is 53.2 Å². The van der Waals surface area contributed by atoms with Crippen molar-refractivity contribution in [2.75, 3.05) is 7.11 Å². The average Bonchev–Trinajstić information content (AvgIpc) is 3.25. The molecular weight excluding hydrogens is 354 g/mol. The van der Waals surface area contributed by atoms with Crippen molar-refractivity contribution in [2.24, 2.45) is 0 Å². The quantitative estimate of drug-likeness (QED) is 0.470. The third-order valence-corrected chi connectivity index (χ3v) is 6.12. The molecule has 5 rings (SSSR count). The van der Waals surface area contributed by atoms with E-state index in [0.29, 0.717) is 4.70 Å². The van der Waals surface area contributed by atoms with Crippen LogP contribution in [0.1, 0.15) is 0 Å². The largest absolute Gasteiger partial charge is 0.496 e. The Balaban J connectivity index is 1.82. The Kier molecular flexibility index (Phi) is 3.13. The Morgan fingerprint density at radius 1 is 1.16 bits per heavy atom. The van der Waals surface area contributed by atoms with Gasteiger partial charge in [-0.1, -0.05) is 0 Å². The van der Waals surface area contributed by atoms with Crippen molar-refractivity contribution in [1.29, 1.82) is 0 Å². The first-order chi connectivity index (χ1) is 12.3. The van der Waals surface area contributed by atoms with E-state index >= 15 is 0 Å². The molecule has 0 N–H and O–H groups in total. The third kappa shape index (κ3) is 2.09. The topological polar surface area (TPSA) is 57.0 Å². The molecule has 0 unspecified atom stereocenters. The molecule has 1 aromatic carbocycles. The van der Waals surface area contributed by atoms with E-state index in [4.69, 9.17) is 4.74 Å². The van der Waals surface area contributed by atoms with Gasteiger partial charge >= 0.3 is 0 Å². The Hall–Kier alpha value is -2.77. The summed E-state index contributed by atoms with van der Waals surface area (Å²) in [5, 5.41) is 1.77. The summed E-state index contributed by atoms with van der Waals surface area (Å²) in [6.45, 7) is 0. The molecule has 0 saturated carbocycles. The second-order valence-electron chi connectivity index (χ2n) is 5.53. The second-order valence-corrected chi connectivity index (χ2v) is 7.42. The Morgan fingerprint density at radius 3 is 2.96 bits per heavy atom. The van der Waals surface area contributed by atoms with E-state index in [0.717, 1.165) is 37.3 Å². The predicted octanol–water partition coefficient (Wildman–Crippen LogP) is 4.22. The minimum Gasteiger partial charge on any atom is -0.496 e. The molecule has 5 aromatic rings. The van der Waals surface area contributed by atoms with Gasteiger partial charge in [-0.15, -0.1) is 22.7 Å². The Morgan fingerprint density at radius 2 is 2.08 bits per heavy atom. The maximum absolute atomic E-state index is 13.1. The van der Waals surface area contributed by atoms with Crippen LogP contribution in [0.15, 0.2) is 53.0 Å². The molecule has 0 aliphatic carbocycles. The zero-order chi connectivity index (χ0) is 17.0. The number of methoxy groups -OCH3 is 1. The lowest BCUT2D eigenvalue weighted by molar-refractivity contribution is 0.420. The van der Waals surface area contributed by atoms with Gasteiger partial charge in [0.2, 0.25) is 0 Å². The molecule has 0 aliphatic rings. The molecule has 0 aliphatic heterocycles. The van der Waals surface area contributed by atoms with Crippen molar-refractivity contribution in [3.63, 3.8) is 0 Å². The minimum atomic E-state index is -0.0582. The third-order valence-electron chi connectivity index (χ3n) is 4.21. The molecule has 0 atom stereocenters. The lowest BCUT2D eigenvalue weighted by Gasteiger charge is -2.06. The monoisotopic (exact) mass is 365 g/mol. The van der Waals surface area contributed by atoms with Gasteiger partial charge < -0.3 is 4.74 Å². The highest BCUT2D eigenvalue weighted by molar-refractivity contribution is 7.25. The van der Waals surface area contributed by atoms with Gasteiger partial charge in [-0.3, -0.25) is 9.36 Å². The molecular formula is C18H11N3O2S2. The van der Waals surface area contributed by atoms with Crippen LogP contribution in [0.25, 0.3) is 36.2 Å². The number of hydrogen-bond donors (Lipinski definition) is 0. The van der Waals surface area contributed by atoms with Gasteiger partial charge in [0.25, 0.3) is 5.56 Å². The molecule has 0 bridgehead atoms. The fraction of sp³-hybridized carbons (Fsp3) is 0.0556. The summed E-state index contributed by atoms with van der Waals surface area (Å²) in [5.41, 5.74) is 3.46. The molecule has 0 spiro atoms. The van der Waals surface area contributed by atoms with Crippen LogP contribution in [-0.4, -0.2) is 21.6 Å². The maximum Gasteiger partial charge on any atom is 0.273 e. The first kappa shape index (κ1) is 14.6. The molecule has 0 radical (unpaired) electrons. The van der Waals surface area contributed by atoms with E-state index in [9.17, 15) is 4.79 Å². The lowest BCUT2D eigenvalue weighted by atomic mass is 10.2. The normalized spacial score (nSPS) is 11.6. The molecule has 7 heteroatoms. The Bertz CT molecular complexity index is 1320. The van der Waals surface area contributed by atoms with E-state index < -0.39 is 0 Å². The molecule has 122 valence electrons. The lowest BCUT2D eigenvalue weighted by Crippen LogP contribution is -2.16. The molecule has 25 heavy (non-hydrogen) atoms. The summed E-state index contributed by atoms with van der Waals surface area (Å²) >= 11 is 2.98. The molecule has 0 amide bonds. The van der Waals surface area contributed by atoms with Gasteiger partial charge in [0, 0.05) is 17.8 Å². The van der Waals surface area contributed by atoms with Crippen LogP contribution in [0.3, 0.4) is 0 Å². The van der Waals surface area contributed by atoms with Gasteiger partial charge in [0.1, 0.15) is 15.3 Å². The van der Waals surface area contributed by atoms with Crippen molar-refractivity contribution in [1.82, 2.24) is 14.5 Å². The highest BCUT2D eigenvalue weighted by atomic mass is 32.1. The van der Waals surface area contributed by atoms with Gasteiger partial charge in [-0.05, 0) is 30.3 Å². The zero-order valence-electron chi connectivity index (χ0n) is 13.1. The van der Waals surface area contributed by atoms with Gasteiger partial charge in [-0.25, -0.2) is 9.97 Å². The van der Waals surface area contributed by atoms with Crippen molar-refractivity contribution in [3.05, 3.63) is 58.6 Å². The van der Waals surface area contributed by atoms with Crippen LogP contribution < -0.4 is 10.3 Å². The number of rotatable bonds is 2. The number of nitrogens with zero attached hydrogens (tertiary/aromatic N) is 3. The maximum atomic E-state index is 13.1. The summed E-state index contributed by atoms with van der Waals surface area (Å²) in [6.07, 6.45) is 3.50. The van der Waals surface area contributed by atoms with Crippen LogP contribution >= 0.6 is 22.7 Å². The molecule has 4 aromatic heterocycles. The fourth-order valence-corrected chi connectivity index (χ4v) is 4.77. The van der Waals surface area contributed by atoms with Gasteiger partial charge in [0.05, 0.1) is 33.9 Å². The van der Waals surface area contributed by atoms with Crippen LogP contribution in [0.4, 0.5) is 0 Å².